The SMILES string of the molecule is CCc1ccc(NC(=O)COC(=O)CN2C(=O)[C@@H]3C4c5ccccc5C(c5ccccc54)[C@@H]3C2=O)cc1. The van der Waals surface area contributed by atoms with Crippen molar-refractivity contribution in [3.63, 3.8) is 0 Å². The van der Waals surface area contributed by atoms with Gasteiger partial charge in [0.2, 0.25) is 11.8 Å². The minimum absolute atomic E-state index is 0.232. The van der Waals surface area contributed by atoms with Crippen molar-refractivity contribution < 1.29 is 23.9 Å². The van der Waals surface area contributed by atoms with Crippen molar-refractivity contribution in [3.8, 4) is 0 Å². The van der Waals surface area contributed by atoms with Gasteiger partial charge in [0.25, 0.3) is 5.91 Å². The third-order valence-electron chi connectivity index (χ3n) is 7.84. The van der Waals surface area contributed by atoms with E-state index in [-0.39, 0.29) is 23.7 Å². The largest absolute Gasteiger partial charge is 0.454 e. The molecule has 0 saturated carbocycles. The smallest absolute Gasteiger partial charge is 0.326 e. The first-order valence-electron chi connectivity index (χ1n) is 12.5. The molecule has 3 aliphatic carbocycles. The molecule has 0 unspecified atom stereocenters. The summed E-state index contributed by atoms with van der Waals surface area (Å²) in [5.74, 6) is -3.56. The standard InChI is InChI=1S/C30H26N2O5/c1-2-17-11-13-18(14-12-17)31-23(33)16-37-24(34)15-32-29(35)27-25-19-7-3-4-8-20(19)26(28(27)30(32)36)22-10-6-5-9-21(22)25/h3-14,25-28H,2,15-16H2,1H3,(H,31,33)/t25?,26?,27-,28+. The van der Waals surface area contributed by atoms with Crippen LogP contribution in [0.15, 0.2) is 72.8 Å². The average molecular weight is 495 g/mol. The third kappa shape index (κ3) is 3.73. The molecule has 7 heteroatoms. The fourth-order valence-corrected chi connectivity index (χ4v) is 6.24. The van der Waals surface area contributed by atoms with Gasteiger partial charge in [-0.05, 0) is 46.4 Å². The first-order chi connectivity index (χ1) is 18.0. The minimum atomic E-state index is -0.792. The molecule has 0 spiro atoms. The molecule has 1 heterocycles. The maximum absolute atomic E-state index is 13.5. The number of esters is 1. The molecule has 3 aromatic carbocycles. The van der Waals surface area contributed by atoms with E-state index in [1.54, 1.807) is 12.1 Å². The quantitative estimate of drug-likeness (QED) is 0.417. The van der Waals surface area contributed by atoms with Crippen LogP contribution in [-0.2, 0) is 30.3 Å². The number of likely N-dealkylation sites (tertiary alicyclic amines) is 1. The lowest BCUT2D eigenvalue weighted by Gasteiger charge is -2.45. The van der Waals surface area contributed by atoms with Crippen LogP contribution in [0.25, 0.3) is 0 Å². The molecule has 4 aliphatic rings. The van der Waals surface area contributed by atoms with E-state index in [4.69, 9.17) is 4.74 Å². The van der Waals surface area contributed by atoms with E-state index in [9.17, 15) is 19.2 Å². The van der Waals surface area contributed by atoms with E-state index in [1.807, 2.05) is 67.6 Å². The van der Waals surface area contributed by atoms with Gasteiger partial charge in [-0.2, -0.15) is 0 Å². The van der Waals surface area contributed by atoms with Gasteiger partial charge < -0.3 is 10.1 Å². The second-order valence-electron chi connectivity index (χ2n) is 9.79. The summed E-state index contributed by atoms with van der Waals surface area (Å²) < 4.78 is 5.13. The number of ether oxygens (including phenoxy) is 1. The summed E-state index contributed by atoms with van der Waals surface area (Å²) in [5.41, 5.74) is 6.03. The van der Waals surface area contributed by atoms with Crippen molar-refractivity contribution in [2.45, 2.75) is 25.2 Å². The molecule has 1 aliphatic heterocycles. The Morgan fingerprint density at radius 2 is 1.27 bits per heavy atom. The Morgan fingerprint density at radius 3 is 1.73 bits per heavy atom. The monoisotopic (exact) mass is 494 g/mol. The second kappa shape index (κ2) is 9.00. The molecule has 186 valence electrons. The van der Waals surface area contributed by atoms with Crippen LogP contribution in [0, 0.1) is 11.8 Å². The highest BCUT2D eigenvalue weighted by Crippen LogP contribution is 2.60. The number of anilines is 1. The van der Waals surface area contributed by atoms with Crippen LogP contribution >= 0.6 is 0 Å². The fourth-order valence-electron chi connectivity index (χ4n) is 6.24. The lowest BCUT2D eigenvalue weighted by molar-refractivity contribution is -0.154. The van der Waals surface area contributed by atoms with Crippen molar-refractivity contribution in [3.05, 3.63) is 101 Å². The summed E-state index contributed by atoms with van der Waals surface area (Å²) in [4.78, 5) is 53.0. The Morgan fingerprint density at radius 1 is 0.784 bits per heavy atom. The zero-order valence-electron chi connectivity index (χ0n) is 20.3. The summed E-state index contributed by atoms with van der Waals surface area (Å²) in [6.07, 6.45) is 0.890. The van der Waals surface area contributed by atoms with Crippen molar-refractivity contribution >= 4 is 29.4 Å². The number of rotatable bonds is 6. The first kappa shape index (κ1) is 23.2. The number of hydrogen-bond acceptors (Lipinski definition) is 5. The van der Waals surface area contributed by atoms with E-state index < -0.39 is 36.9 Å². The van der Waals surface area contributed by atoms with Gasteiger partial charge in [-0.15, -0.1) is 0 Å². The van der Waals surface area contributed by atoms with Crippen LogP contribution in [0.5, 0.6) is 0 Å². The van der Waals surface area contributed by atoms with Crippen LogP contribution < -0.4 is 5.32 Å². The van der Waals surface area contributed by atoms with Crippen LogP contribution in [0.2, 0.25) is 0 Å². The number of aryl methyl sites for hydroxylation is 1. The van der Waals surface area contributed by atoms with Gasteiger partial charge in [0.05, 0.1) is 11.8 Å². The Bertz CT molecular complexity index is 1310. The molecule has 0 radical (unpaired) electrons. The first-order valence-corrected chi connectivity index (χ1v) is 12.5. The summed E-state index contributed by atoms with van der Waals surface area (Å²) in [6.45, 7) is 1.04. The van der Waals surface area contributed by atoms with Crippen LogP contribution in [0.3, 0.4) is 0 Å². The van der Waals surface area contributed by atoms with Gasteiger partial charge in [0.1, 0.15) is 6.54 Å². The van der Waals surface area contributed by atoms with Gasteiger partial charge in [0, 0.05) is 17.5 Å². The number of nitrogens with zero attached hydrogens (tertiary/aromatic N) is 1. The van der Waals surface area contributed by atoms with Crippen molar-refractivity contribution in [2.24, 2.45) is 11.8 Å². The lowest BCUT2D eigenvalue weighted by Crippen LogP contribution is -2.41. The molecular formula is C30H26N2O5. The maximum atomic E-state index is 13.5. The normalized spacial score (nSPS) is 22.8. The summed E-state index contributed by atoms with van der Waals surface area (Å²) >= 11 is 0. The fraction of sp³-hybridized carbons (Fsp3) is 0.267. The van der Waals surface area contributed by atoms with Crippen molar-refractivity contribution in [2.75, 3.05) is 18.5 Å². The molecule has 37 heavy (non-hydrogen) atoms. The van der Waals surface area contributed by atoms with E-state index in [1.165, 1.54) is 0 Å². The number of carbonyl (C=O) groups excluding carboxylic acids is 4. The predicted octanol–water partition coefficient (Wildman–Crippen LogP) is 3.62. The molecule has 7 nitrogen and oxygen atoms in total. The zero-order chi connectivity index (χ0) is 25.7. The minimum Gasteiger partial charge on any atom is -0.454 e. The van der Waals surface area contributed by atoms with Gasteiger partial charge >= 0.3 is 5.97 Å². The molecule has 1 fully saturated rings. The predicted molar refractivity (Wildman–Crippen MR) is 136 cm³/mol. The topological polar surface area (TPSA) is 92.8 Å². The van der Waals surface area contributed by atoms with E-state index in [0.29, 0.717) is 5.69 Å². The van der Waals surface area contributed by atoms with Crippen molar-refractivity contribution in [1.29, 1.82) is 0 Å². The van der Waals surface area contributed by atoms with Gasteiger partial charge in [-0.3, -0.25) is 24.1 Å². The van der Waals surface area contributed by atoms with Gasteiger partial charge in [-0.25, -0.2) is 0 Å². The van der Waals surface area contributed by atoms with Gasteiger partial charge in [-0.1, -0.05) is 67.6 Å². The van der Waals surface area contributed by atoms with Crippen LogP contribution in [0.4, 0.5) is 5.69 Å². The molecule has 3 aromatic rings. The Balaban J connectivity index is 1.16. The number of carbonyl (C=O) groups is 4. The van der Waals surface area contributed by atoms with Gasteiger partial charge in [0.15, 0.2) is 6.61 Å². The summed E-state index contributed by atoms with van der Waals surface area (Å²) in [6, 6.07) is 23.3. The molecule has 7 rings (SSSR count). The third-order valence-corrected chi connectivity index (χ3v) is 7.84. The molecule has 1 saturated heterocycles. The Labute approximate surface area is 214 Å². The Hall–Kier alpha value is -4.26. The highest BCUT2D eigenvalue weighted by molar-refractivity contribution is 6.09. The van der Waals surface area contributed by atoms with E-state index >= 15 is 0 Å². The molecule has 2 bridgehead atoms. The van der Waals surface area contributed by atoms with E-state index in [2.05, 4.69) is 5.32 Å². The lowest BCUT2D eigenvalue weighted by atomic mass is 9.55. The average Bonchev–Trinajstić information content (AvgIpc) is 3.17. The van der Waals surface area contributed by atoms with Crippen molar-refractivity contribution in [1.82, 2.24) is 4.90 Å². The molecule has 3 amide bonds. The number of hydrogen-bond donors (Lipinski definition) is 1. The number of imide groups is 1. The second-order valence-corrected chi connectivity index (χ2v) is 9.79. The zero-order valence-corrected chi connectivity index (χ0v) is 20.3. The van der Waals surface area contributed by atoms with E-state index in [0.717, 1.165) is 39.1 Å². The highest BCUT2D eigenvalue weighted by Gasteiger charge is 2.61. The maximum Gasteiger partial charge on any atom is 0.326 e. The Kier molecular flexibility index (Phi) is 5.63. The summed E-state index contributed by atoms with van der Waals surface area (Å²) in [5, 5.41) is 2.68. The highest BCUT2D eigenvalue weighted by atomic mass is 16.5. The number of nitrogens with one attached hydrogen (secondary N) is 1. The molecular weight excluding hydrogens is 468 g/mol. The van der Waals surface area contributed by atoms with Crippen LogP contribution in [-0.4, -0.2) is 41.7 Å². The number of amides is 3. The number of benzene rings is 3. The molecule has 0 aromatic heterocycles. The van der Waals surface area contributed by atoms with Crippen LogP contribution in [0.1, 0.15) is 46.6 Å². The molecule has 1 N–H and O–H groups in total. The summed E-state index contributed by atoms with van der Waals surface area (Å²) in [7, 11) is 0. The molecule has 2 atom stereocenters.